The van der Waals surface area contributed by atoms with Crippen LogP contribution >= 0.6 is 0 Å². The van der Waals surface area contributed by atoms with Crippen molar-refractivity contribution in [2.24, 2.45) is 5.73 Å². The molecule has 0 atom stereocenters. The van der Waals surface area contributed by atoms with E-state index in [1.54, 1.807) is 0 Å². The number of rotatable bonds is 4. The standard InChI is InChI=1S/C4H11NO3S.Na.H/c5-3-1-2-4-9(6,7)8;;/h1-5H2,(H,6,7,8);;. The minimum absolute atomic E-state index is 0. The fourth-order valence-electron chi connectivity index (χ4n) is 0.429. The monoisotopic (exact) mass is 177 g/mol. The molecule has 0 aromatic carbocycles. The summed E-state index contributed by atoms with van der Waals surface area (Å²) in [5.41, 5.74) is 5.08. The summed E-state index contributed by atoms with van der Waals surface area (Å²) in [6.45, 7) is 0.468. The molecule has 0 heterocycles. The molecule has 0 amide bonds. The first-order valence-corrected chi connectivity index (χ1v) is 4.32. The van der Waals surface area contributed by atoms with Crippen LogP contribution < -0.4 is 5.73 Å². The van der Waals surface area contributed by atoms with Crippen LogP contribution in [0.1, 0.15) is 12.8 Å². The van der Waals surface area contributed by atoms with E-state index in [0.717, 1.165) is 0 Å². The van der Waals surface area contributed by atoms with Crippen molar-refractivity contribution in [1.29, 1.82) is 0 Å². The predicted octanol–water partition coefficient (Wildman–Crippen LogP) is -1.04. The van der Waals surface area contributed by atoms with E-state index in [0.29, 0.717) is 19.4 Å². The first-order valence-electron chi connectivity index (χ1n) is 2.71. The SMILES string of the molecule is NCCCCS(=O)(=O)O.[NaH]. The third kappa shape index (κ3) is 11.6. The average molecular weight is 177 g/mol. The van der Waals surface area contributed by atoms with Gasteiger partial charge in [0, 0.05) is 0 Å². The second kappa shape index (κ2) is 6.57. The molecule has 0 rings (SSSR count). The summed E-state index contributed by atoms with van der Waals surface area (Å²) in [6, 6.07) is 0. The van der Waals surface area contributed by atoms with E-state index in [1.807, 2.05) is 0 Å². The molecule has 0 aromatic rings. The van der Waals surface area contributed by atoms with Crippen molar-refractivity contribution in [2.75, 3.05) is 12.3 Å². The summed E-state index contributed by atoms with van der Waals surface area (Å²) in [7, 11) is -3.75. The predicted molar refractivity (Wildman–Crippen MR) is 41.9 cm³/mol. The van der Waals surface area contributed by atoms with Crippen molar-refractivity contribution in [3.05, 3.63) is 0 Å². The Labute approximate surface area is 83.2 Å². The molecule has 0 spiro atoms. The molecule has 0 bridgehead atoms. The molecule has 6 heteroatoms. The van der Waals surface area contributed by atoms with E-state index < -0.39 is 10.1 Å². The summed E-state index contributed by atoms with van der Waals surface area (Å²) in [5, 5.41) is 0. The van der Waals surface area contributed by atoms with Gasteiger partial charge in [-0.1, -0.05) is 0 Å². The molecule has 4 nitrogen and oxygen atoms in total. The van der Waals surface area contributed by atoms with Gasteiger partial charge in [0.1, 0.15) is 0 Å². The quantitative estimate of drug-likeness (QED) is 0.327. The van der Waals surface area contributed by atoms with Gasteiger partial charge in [-0.15, -0.1) is 0 Å². The molecular weight excluding hydrogens is 165 g/mol. The van der Waals surface area contributed by atoms with Crippen molar-refractivity contribution in [2.45, 2.75) is 12.8 Å². The summed E-state index contributed by atoms with van der Waals surface area (Å²) in [5.74, 6) is -0.176. The van der Waals surface area contributed by atoms with Crippen LogP contribution in [0.2, 0.25) is 0 Å². The van der Waals surface area contributed by atoms with Crippen molar-refractivity contribution >= 4 is 39.7 Å². The van der Waals surface area contributed by atoms with Gasteiger partial charge in [-0.3, -0.25) is 4.55 Å². The first-order chi connectivity index (χ1) is 4.06. The summed E-state index contributed by atoms with van der Waals surface area (Å²) in [6.07, 6.45) is 1.08. The zero-order valence-corrected chi connectivity index (χ0v) is 5.89. The molecule has 0 radical (unpaired) electrons. The van der Waals surface area contributed by atoms with E-state index in [1.165, 1.54) is 0 Å². The van der Waals surface area contributed by atoms with E-state index >= 15 is 0 Å². The number of unbranched alkanes of at least 4 members (excludes halogenated alkanes) is 1. The van der Waals surface area contributed by atoms with Gasteiger partial charge < -0.3 is 5.73 Å². The van der Waals surface area contributed by atoms with E-state index in [-0.39, 0.29) is 35.3 Å². The van der Waals surface area contributed by atoms with E-state index in [2.05, 4.69) is 0 Å². The van der Waals surface area contributed by atoms with Gasteiger partial charge in [0.2, 0.25) is 0 Å². The van der Waals surface area contributed by atoms with Crippen LogP contribution in [0.5, 0.6) is 0 Å². The third-order valence-corrected chi connectivity index (χ3v) is 1.66. The van der Waals surface area contributed by atoms with Gasteiger partial charge in [0.05, 0.1) is 5.75 Å². The molecule has 0 saturated heterocycles. The van der Waals surface area contributed by atoms with Crippen LogP contribution in [0.3, 0.4) is 0 Å². The molecule has 0 aromatic heterocycles. The van der Waals surface area contributed by atoms with E-state index in [4.69, 9.17) is 10.3 Å². The molecule has 0 aliphatic rings. The van der Waals surface area contributed by atoms with Gasteiger partial charge in [-0.25, -0.2) is 0 Å². The first kappa shape index (κ1) is 13.5. The van der Waals surface area contributed by atoms with Gasteiger partial charge in [0.25, 0.3) is 10.1 Å². The Kier molecular flexibility index (Phi) is 8.85. The maximum atomic E-state index is 10.0. The molecular formula is C4H12NNaO3S. The van der Waals surface area contributed by atoms with Crippen molar-refractivity contribution < 1.29 is 13.0 Å². The van der Waals surface area contributed by atoms with Gasteiger partial charge in [0.15, 0.2) is 0 Å². The number of nitrogens with two attached hydrogens (primary N) is 1. The minimum atomic E-state index is -3.75. The third-order valence-electron chi connectivity index (χ3n) is 0.856. The van der Waals surface area contributed by atoms with E-state index in [9.17, 15) is 8.42 Å². The second-order valence-corrected chi connectivity index (χ2v) is 3.35. The van der Waals surface area contributed by atoms with Crippen LogP contribution in [0, 0.1) is 0 Å². The molecule has 0 aliphatic carbocycles. The zero-order valence-electron chi connectivity index (χ0n) is 5.08. The Hall–Kier alpha value is 0.870. The Morgan fingerprint density at radius 3 is 2.10 bits per heavy atom. The number of hydrogen-bond acceptors (Lipinski definition) is 3. The zero-order chi connectivity index (χ0) is 7.33. The topological polar surface area (TPSA) is 80.4 Å². The van der Waals surface area contributed by atoms with Crippen molar-refractivity contribution in [3.63, 3.8) is 0 Å². The van der Waals surface area contributed by atoms with Gasteiger partial charge in [-0.05, 0) is 19.4 Å². The molecule has 0 unspecified atom stereocenters. The maximum absolute atomic E-state index is 10.0. The Morgan fingerprint density at radius 1 is 1.30 bits per heavy atom. The Balaban J connectivity index is 0. The number of hydrogen-bond donors (Lipinski definition) is 2. The molecule has 0 aliphatic heterocycles. The average Bonchev–Trinajstić information content (AvgIpc) is 1.63. The Morgan fingerprint density at radius 2 is 1.80 bits per heavy atom. The van der Waals surface area contributed by atoms with Crippen LogP contribution in [-0.2, 0) is 10.1 Å². The summed E-state index contributed by atoms with van der Waals surface area (Å²) in [4.78, 5) is 0. The summed E-state index contributed by atoms with van der Waals surface area (Å²) < 4.78 is 28.2. The van der Waals surface area contributed by atoms with Crippen LogP contribution in [0.25, 0.3) is 0 Å². The fourth-order valence-corrected chi connectivity index (χ4v) is 0.998. The van der Waals surface area contributed by atoms with Gasteiger partial charge >= 0.3 is 29.6 Å². The van der Waals surface area contributed by atoms with Crippen molar-refractivity contribution in [3.8, 4) is 0 Å². The Bertz CT molecular complexity index is 156. The molecule has 3 N–H and O–H groups in total. The summed E-state index contributed by atoms with van der Waals surface area (Å²) >= 11 is 0. The molecule has 10 heavy (non-hydrogen) atoms. The molecule has 0 fully saturated rings. The van der Waals surface area contributed by atoms with Crippen LogP contribution in [0.15, 0.2) is 0 Å². The molecule has 0 saturated carbocycles. The van der Waals surface area contributed by atoms with Crippen LogP contribution in [0.4, 0.5) is 0 Å². The second-order valence-electron chi connectivity index (χ2n) is 1.78. The fraction of sp³-hybridized carbons (Fsp3) is 1.00. The van der Waals surface area contributed by atoms with Crippen LogP contribution in [-0.4, -0.2) is 54.8 Å². The van der Waals surface area contributed by atoms with Gasteiger partial charge in [-0.2, -0.15) is 8.42 Å². The van der Waals surface area contributed by atoms with Crippen molar-refractivity contribution in [1.82, 2.24) is 0 Å². The normalized spacial score (nSPS) is 10.6. The molecule has 58 valence electrons.